The monoisotopic (exact) mass is 605 g/mol. The molecule has 0 bridgehead atoms. The Labute approximate surface area is 250 Å². The van der Waals surface area contributed by atoms with Gasteiger partial charge in [0.2, 0.25) is 10.0 Å². The van der Waals surface area contributed by atoms with Gasteiger partial charge < -0.3 is 24.3 Å². The van der Waals surface area contributed by atoms with Gasteiger partial charge in [0.15, 0.2) is 5.11 Å². The van der Waals surface area contributed by atoms with Crippen molar-refractivity contribution in [1.29, 1.82) is 0 Å². The number of thiocarbonyl (C=S) groups is 1. The fourth-order valence-electron chi connectivity index (χ4n) is 5.47. The number of pyridine rings is 1. The summed E-state index contributed by atoms with van der Waals surface area (Å²) in [6.45, 7) is 3.99. The highest BCUT2D eigenvalue weighted by molar-refractivity contribution is 7.92. The zero-order chi connectivity index (χ0) is 30.2. The number of hydrogen-bond donors (Lipinski definition) is 2. The van der Waals surface area contributed by atoms with E-state index in [0.29, 0.717) is 33.5 Å². The molecule has 1 aliphatic heterocycles. The molecule has 2 aromatic carbocycles. The predicted molar refractivity (Wildman–Crippen MR) is 166 cm³/mol. The number of benzene rings is 2. The molecule has 0 amide bonds. The van der Waals surface area contributed by atoms with Crippen LogP contribution in [0.1, 0.15) is 45.1 Å². The Morgan fingerprint density at radius 3 is 2.45 bits per heavy atom. The van der Waals surface area contributed by atoms with E-state index in [-0.39, 0.29) is 12.1 Å². The van der Waals surface area contributed by atoms with Gasteiger partial charge in [0.05, 0.1) is 55.2 Å². The maximum absolute atomic E-state index is 12.7. The summed E-state index contributed by atoms with van der Waals surface area (Å²) >= 11 is 5.89. The Kier molecular flexibility index (Phi) is 7.93. The van der Waals surface area contributed by atoms with Gasteiger partial charge in [-0.25, -0.2) is 13.2 Å². The number of carbonyl (C=O) groups is 1. The van der Waals surface area contributed by atoms with Crippen LogP contribution in [-0.4, -0.2) is 49.5 Å². The molecule has 5 rings (SSSR count). The number of anilines is 2. The Morgan fingerprint density at radius 1 is 1.05 bits per heavy atom. The van der Waals surface area contributed by atoms with E-state index < -0.39 is 16.0 Å². The summed E-state index contributed by atoms with van der Waals surface area (Å²) in [5.41, 5.74) is 5.77. The van der Waals surface area contributed by atoms with Gasteiger partial charge in [0.25, 0.3) is 0 Å². The molecule has 218 valence electrons. The average Bonchev–Trinajstić information content (AvgIpc) is 3.47. The third-order valence-electron chi connectivity index (χ3n) is 7.20. The van der Waals surface area contributed by atoms with Gasteiger partial charge >= 0.3 is 5.97 Å². The van der Waals surface area contributed by atoms with Crippen LogP contribution in [0.3, 0.4) is 0 Å². The minimum absolute atomic E-state index is 0.316. The quantitative estimate of drug-likeness (QED) is 0.215. The van der Waals surface area contributed by atoms with E-state index in [1.807, 2.05) is 53.6 Å². The van der Waals surface area contributed by atoms with Crippen LogP contribution in [0.2, 0.25) is 0 Å². The normalized spacial score (nSPS) is 16.7. The van der Waals surface area contributed by atoms with Crippen LogP contribution < -0.4 is 19.7 Å². The first-order chi connectivity index (χ1) is 20.0. The molecule has 3 heterocycles. The highest BCUT2D eigenvalue weighted by Gasteiger charge is 2.42. The van der Waals surface area contributed by atoms with E-state index in [2.05, 4.69) is 21.1 Å². The molecule has 0 radical (unpaired) electrons. The van der Waals surface area contributed by atoms with Crippen molar-refractivity contribution in [2.24, 2.45) is 0 Å². The third-order valence-corrected chi connectivity index (χ3v) is 8.10. The van der Waals surface area contributed by atoms with E-state index in [1.165, 1.54) is 14.2 Å². The van der Waals surface area contributed by atoms with E-state index in [0.717, 1.165) is 28.9 Å². The van der Waals surface area contributed by atoms with Crippen molar-refractivity contribution in [2.75, 3.05) is 30.1 Å². The van der Waals surface area contributed by atoms with E-state index >= 15 is 0 Å². The topological polar surface area (TPSA) is 115 Å². The number of aromatic nitrogens is 2. The molecule has 10 nitrogen and oxygen atoms in total. The van der Waals surface area contributed by atoms with Crippen molar-refractivity contribution in [1.82, 2.24) is 14.9 Å². The Morgan fingerprint density at radius 2 is 1.79 bits per heavy atom. The lowest BCUT2D eigenvalue weighted by molar-refractivity contribution is 0.0600. The van der Waals surface area contributed by atoms with Crippen molar-refractivity contribution in [3.63, 3.8) is 0 Å². The fraction of sp³-hybridized carbons (Fsp3) is 0.233. The number of nitrogens with one attached hydrogen (secondary N) is 2. The highest BCUT2D eigenvalue weighted by Crippen LogP contribution is 2.45. The molecule has 0 unspecified atom stereocenters. The SMILES string of the molecule is COC(=O)c1ccccc1-n1c(C)cc([C@H]2[C@H](c3ccccn3)NC(=S)N2c2ccc(NS(C)(=O)=O)c(OC)c2)c1C. The van der Waals surface area contributed by atoms with Crippen LogP contribution in [0, 0.1) is 13.8 Å². The second kappa shape index (κ2) is 11.5. The lowest BCUT2D eigenvalue weighted by Gasteiger charge is -2.29. The van der Waals surface area contributed by atoms with Crippen molar-refractivity contribution in [3.05, 3.63) is 101 Å². The van der Waals surface area contributed by atoms with Crippen LogP contribution in [0.4, 0.5) is 11.4 Å². The zero-order valence-corrected chi connectivity index (χ0v) is 25.4. The number of nitrogens with zero attached hydrogens (tertiary/aromatic N) is 3. The van der Waals surface area contributed by atoms with E-state index in [1.54, 1.807) is 36.5 Å². The lowest BCUT2D eigenvalue weighted by atomic mass is 9.96. The van der Waals surface area contributed by atoms with Crippen LogP contribution in [-0.2, 0) is 14.8 Å². The second-order valence-corrected chi connectivity index (χ2v) is 12.1. The zero-order valence-electron chi connectivity index (χ0n) is 23.8. The average molecular weight is 606 g/mol. The standard InChI is InChI=1S/C30H31N5O5S2/c1-18-16-22(19(2)34(18)25-12-7-6-10-21(25)29(36)40-4)28-27(24-11-8-9-15-31-24)32-30(41)35(28)20-13-14-23(26(17-20)39-3)33-42(5,37)38/h6-17,27-28,33H,1-5H3,(H,32,41)/t27-,28-/m0/s1. The van der Waals surface area contributed by atoms with Gasteiger partial charge in [-0.15, -0.1) is 0 Å². The van der Waals surface area contributed by atoms with Crippen molar-refractivity contribution in [3.8, 4) is 11.4 Å². The van der Waals surface area contributed by atoms with Gasteiger partial charge in [-0.1, -0.05) is 18.2 Å². The molecular formula is C30H31N5O5S2. The number of ether oxygens (including phenoxy) is 2. The molecule has 2 aromatic heterocycles. The number of carbonyl (C=O) groups excluding carboxylic acids is 1. The number of methoxy groups -OCH3 is 2. The molecule has 4 aromatic rings. The molecule has 0 saturated carbocycles. The molecule has 0 spiro atoms. The Bertz CT molecular complexity index is 1770. The minimum Gasteiger partial charge on any atom is -0.494 e. The molecule has 1 saturated heterocycles. The first kappa shape index (κ1) is 29.1. The Hall–Kier alpha value is -4.42. The number of rotatable bonds is 8. The second-order valence-electron chi connectivity index (χ2n) is 9.93. The number of sulfonamides is 1. The van der Waals surface area contributed by atoms with Crippen LogP contribution >= 0.6 is 12.2 Å². The number of hydrogen-bond acceptors (Lipinski definition) is 7. The molecule has 12 heteroatoms. The number of esters is 1. The summed E-state index contributed by atoms with van der Waals surface area (Å²) in [6.07, 6.45) is 2.83. The molecule has 2 N–H and O–H groups in total. The number of aryl methyl sites for hydroxylation is 1. The molecule has 1 fully saturated rings. The molecule has 1 aliphatic rings. The minimum atomic E-state index is -3.52. The van der Waals surface area contributed by atoms with Gasteiger partial charge in [-0.05, 0) is 74.1 Å². The lowest BCUT2D eigenvalue weighted by Crippen LogP contribution is -2.29. The summed E-state index contributed by atoms with van der Waals surface area (Å²) in [4.78, 5) is 19.3. The summed E-state index contributed by atoms with van der Waals surface area (Å²) in [5.74, 6) is -0.0792. The summed E-state index contributed by atoms with van der Waals surface area (Å²) in [5, 5.41) is 3.92. The van der Waals surface area contributed by atoms with Crippen molar-refractivity contribution < 1.29 is 22.7 Å². The van der Waals surface area contributed by atoms with E-state index in [4.69, 9.17) is 21.7 Å². The molecule has 42 heavy (non-hydrogen) atoms. The van der Waals surface area contributed by atoms with Crippen LogP contribution in [0.25, 0.3) is 5.69 Å². The maximum Gasteiger partial charge on any atom is 0.339 e. The first-order valence-electron chi connectivity index (χ1n) is 13.1. The van der Waals surface area contributed by atoms with Crippen LogP contribution in [0.15, 0.2) is 72.9 Å². The largest absolute Gasteiger partial charge is 0.494 e. The highest BCUT2D eigenvalue weighted by atomic mass is 32.2. The summed E-state index contributed by atoms with van der Waals surface area (Å²) in [7, 11) is -0.676. The van der Waals surface area contributed by atoms with Gasteiger partial charge in [0, 0.05) is 29.3 Å². The predicted octanol–water partition coefficient (Wildman–Crippen LogP) is 4.83. The molecule has 2 atom stereocenters. The Balaban J connectivity index is 1.69. The van der Waals surface area contributed by atoms with Gasteiger partial charge in [-0.2, -0.15) is 0 Å². The van der Waals surface area contributed by atoms with E-state index in [9.17, 15) is 13.2 Å². The first-order valence-corrected chi connectivity index (χ1v) is 15.4. The van der Waals surface area contributed by atoms with Gasteiger partial charge in [-0.3, -0.25) is 9.71 Å². The summed E-state index contributed by atoms with van der Waals surface area (Å²) in [6, 6.07) is 19.7. The van der Waals surface area contributed by atoms with Crippen molar-refractivity contribution in [2.45, 2.75) is 25.9 Å². The fourth-order valence-corrected chi connectivity index (χ4v) is 6.39. The maximum atomic E-state index is 12.7. The molecular weight excluding hydrogens is 574 g/mol. The van der Waals surface area contributed by atoms with Gasteiger partial charge in [0.1, 0.15) is 5.75 Å². The number of para-hydroxylation sites is 1. The summed E-state index contributed by atoms with van der Waals surface area (Å²) < 4.78 is 39.0. The van der Waals surface area contributed by atoms with Crippen LogP contribution in [0.5, 0.6) is 5.75 Å². The molecule has 0 aliphatic carbocycles. The smallest absolute Gasteiger partial charge is 0.339 e. The third kappa shape index (κ3) is 5.42. The van der Waals surface area contributed by atoms with Crippen molar-refractivity contribution >= 4 is 44.7 Å².